The van der Waals surface area contributed by atoms with E-state index in [0.717, 1.165) is 12.1 Å². The maximum absolute atomic E-state index is 14.3. The zero-order valence-electron chi connectivity index (χ0n) is 15.6. The number of halogens is 2. The van der Waals surface area contributed by atoms with Gasteiger partial charge in [0.15, 0.2) is 0 Å². The van der Waals surface area contributed by atoms with E-state index in [1.165, 1.54) is 31.4 Å². The molecule has 6 nitrogen and oxygen atoms in total. The first-order chi connectivity index (χ1) is 13.6. The summed E-state index contributed by atoms with van der Waals surface area (Å²) in [7, 11) is -1.01. The molecule has 29 heavy (non-hydrogen) atoms. The molecule has 0 bridgehead atoms. The number of nitrogens with zero attached hydrogens (tertiary/aromatic N) is 1. The molecule has 0 radical (unpaired) electrons. The molecule has 0 aliphatic heterocycles. The van der Waals surface area contributed by atoms with Crippen molar-refractivity contribution >= 4 is 15.8 Å². The Hall–Kier alpha value is -3.04. The molecule has 1 aromatic heterocycles. The summed E-state index contributed by atoms with van der Waals surface area (Å²) in [6, 6.07) is 10.3. The first-order valence-electron chi connectivity index (χ1n) is 8.46. The molecule has 0 saturated heterocycles. The third kappa shape index (κ3) is 4.20. The second-order valence-corrected chi connectivity index (χ2v) is 7.98. The summed E-state index contributed by atoms with van der Waals surface area (Å²) in [6.07, 6.45) is 0.126. The van der Waals surface area contributed by atoms with Gasteiger partial charge in [-0.05, 0) is 42.0 Å². The van der Waals surface area contributed by atoms with E-state index in [-0.39, 0.29) is 34.0 Å². The van der Waals surface area contributed by atoms with Crippen molar-refractivity contribution in [2.75, 3.05) is 7.11 Å². The lowest BCUT2D eigenvalue weighted by Crippen LogP contribution is -2.13. The van der Waals surface area contributed by atoms with Gasteiger partial charge in [-0.2, -0.15) is 0 Å². The summed E-state index contributed by atoms with van der Waals surface area (Å²) >= 11 is 0. The molecule has 3 rings (SSSR count). The Morgan fingerprint density at radius 3 is 2.45 bits per heavy atom. The van der Waals surface area contributed by atoms with Crippen molar-refractivity contribution in [3.8, 4) is 5.75 Å². The first-order valence-corrected chi connectivity index (χ1v) is 10.0. The Kier molecular flexibility index (Phi) is 5.54. The standard InChI is InChI=1S/C20H18F2N2O4S/c1-24-14(9-12-3-6-15(11-17(12)22)29(23,26)27)5-8-18(24)20(25)16-7-4-13(21)10-19(16)28-2/h3-8,10-11H,9H2,1-2H3,(H2,23,26,27). The molecule has 0 unspecified atom stereocenters. The van der Waals surface area contributed by atoms with Crippen LogP contribution in [0.25, 0.3) is 0 Å². The van der Waals surface area contributed by atoms with E-state index in [2.05, 4.69) is 0 Å². The number of methoxy groups -OCH3 is 1. The normalized spacial score (nSPS) is 11.5. The molecule has 9 heteroatoms. The summed E-state index contributed by atoms with van der Waals surface area (Å²) in [5, 5.41) is 5.01. The largest absolute Gasteiger partial charge is 0.496 e. The van der Waals surface area contributed by atoms with Gasteiger partial charge in [-0.25, -0.2) is 22.3 Å². The molecule has 2 N–H and O–H groups in total. The number of nitrogens with two attached hydrogens (primary N) is 1. The highest BCUT2D eigenvalue weighted by Gasteiger charge is 2.20. The molecule has 0 amide bonds. The molecule has 0 atom stereocenters. The molecule has 0 fully saturated rings. The monoisotopic (exact) mass is 420 g/mol. The van der Waals surface area contributed by atoms with Crippen molar-refractivity contribution in [2.45, 2.75) is 11.3 Å². The lowest BCUT2D eigenvalue weighted by molar-refractivity contribution is 0.102. The Morgan fingerprint density at radius 2 is 1.83 bits per heavy atom. The number of ketones is 1. The van der Waals surface area contributed by atoms with Gasteiger partial charge in [0, 0.05) is 25.2 Å². The van der Waals surface area contributed by atoms with Crippen LogP contribution >= 0.6 is 0 Å². The number of aromatic nitrogens is 1. The van der Waals surface area contributed by atoms with E-state index in [4.69, 9.17) is 9.88 Å². The number of hydrogen-bond acceptors (Lipinski definition) is 4. The van der Waals surface area contributed by atoms with E-state index in [9.17, 15) is 22.0 Å². The van der Waals surface area contributed by atoms with Crippen LogP contribution in [0, 0.1) is 11.6 Å². The van der Waals surface area contributed by atoms with Gasteiger partial charge in [0.05, 0.1) is 23.3 Å². The Morgan fingerprint density at radius 1 is 1.10 bits per heavy atom. The van der Waals surface area contributed by atoms with E-state index in [0.29, 0.717) is 11.4 Å². The zero-order valence-corrected chi connectivity index (χ0v) is 16.5. The van der Waals surface area contributed by atoms with Crippen molar-refractivity contribution in [1.29, 1.82) is 0 Å². The molecule has 0 saturated carbocycles. The van der Waals surface area contributed by atoms with Crippen LogP contribution < -0.4 is 9.88 Å². The minimum Gasteiger partial charge on any atom is -0.496 e. The SMILES string of the molecule is COc1cc(F)ccc1C(=O)c1ccc(Cc2ccc(S(N)(=O)=O)cc2F)n1C. The fourth-order valence-corrected chi connectivity index (χ4v) is 3.52. The number of carbonyl (C=O) groups excluding carboxylic acids is 1. The summed E-state index contributed by atoms with van der Waals surface area (Å²) in [6.45, 7) is 0. The highest BCUT2D eigenvalue weighted by Crippen LogP contribution is 2.25. The molecule has 3 aromatic rings. The van der Waals surface area contributed by atoms with Gasteiger partial charge < -0.3 is 9.30 Å². The zero-order chi connectivity index (χ0) is 21.3. The predicted octanol–water partition coefficient (Wildman–Crippen LogP) is 2.78. The van der Waals surface area contributed by atoms with Gasteiger partial charge in [0.2, 0.25) is 15.8 Å². The van der Waals surface area contributed by atoms with Gasteiger partial charge in [-0.1, -0.05) is 6.07 Å². The van der Waals surface area contributed by atoms with Gasteiger partial charge in [-0.15, -0.1) is 0 Å². The van der Waals surface area contributed by atoms with Crippen LogP contribution in [-0.4, -0.2) is 25.9 Å². The number of hydrogen-bond donors (Lipinski definition) is 1. The van der Waals surface area contributed by atoms with Crippen molar-refractivity contribution in [3.05, 3.63) is 82.7 Å². The predicted molar refractivity (Wildman–Crippen MR) is 102 cm³/mol. The number of carbonyl (C=O) groups is 1. The quantitative estimate of drug-likeness (QED) is 0.621. The topological polar surface area (TPSA) is 91.4 Å². The van der Waals surface area contributed by atoms with Crippen LogP contribution in [0.1, 0.15) is 27.3 Å². The second-order valence-electron chi connectivity index (χ2n) is 6.42. The lowest BCUT2D eigenvalue weighted by Gasteiger charge is -2.11. The van der Waals surface area contributed by atoms with Crippen molar-refractivity contribution in [2.24, 2.45) is 12.2 Å². The van der Waals surface area contributed by atoms with E-state index in [1.807, 2.05) is 0 Å². The first kappa shape index (κ1) is 20.7. The number of rotatable bonds is 6. The Bertz CT molecular complexity index is 1200. The molecular weight excluding hydrogens is 402 g/mol. The van der Waals surface area contributed by atoms with Gasteiger partial charge >= 0.3 is 0 Å². The number of primary sulfonamides is 1. The third-order valence-corrected chi connectivity index (χ3v) is 5.50. The molecule has 0 aliphatic rings. The summed E-state index contributed by atoms with van der Waals surface area (Å²) < 4.78 is 57.0. The summed E-state index contributed by atoms with van der Waals surface area (Å²) in [5.41, 5.74) is 1.38. The Balaban J connectivity index is 1.92. The smallest absolute Gasteiger partial charge is 0.238 e. The van der Waals surface area contributed by atoms with E-state index in [1.54, 1.807) is 23.7 Å². The van der Waals surface area contributed by atoms with Crippen LogP contribution in [-0.2, 0) is 23.5 Å². The molecule has 152 valence electrons. The lowest BCUT2D eigenvalue weighted by atomic mass is 10.1. The minimum atomic E-state index is -4.00. The fourth-order valence-electron chi connectivity index (χ4n) is 2.99. The van der Waals surface area contributed by atoms with Crippen LogP contribution in [0.3, 0.4) is 0 Å². The van der Waals surface area contributed by atoms with E-state index >= 15 is 0 Å². The summed E-state index contributed by atoms with van der Waals surface area (Å²) in [5.74, 6) is -1.50. The van der Waals surface area contributed by atoms with Gasteiger partial charge in [0.25, 0.3) is 0 Å². The van der Waals surface area contributed by atoms with Crippen LogP contribution in [0.5, 0.6) is 5.75 Å². The van der Waals surface area contributed by atoms with Crippen LogP contribution in [0.4, 0.5) is 8.78 Å². The number of ether oxygens (including phenoxy) is 1. The third-order valence-electron chi connectivity index (χ3n) is 4.59. The minimum absolute atomic E-state index is 0.113. The van der Waals surface area contributed by atoms with E-state index < -0.39 is 21.7 Å². The average Bonchev–Trinajstić information content (AvgIpc) is 3.02. The van der Waals surface area contributed by atoms with Crippen LogP contribution in [0.2, 0.25) is 0 Å². The summed E-state index contributed by atoms with van der Waals surface area (Å²) in [4.78, 5) is 12.6. The van der Waals surface area contributed by atoms with Gasteiger partial charge in [0.1, 0.15) is 17.4 Å². The highest BCUT2D eigenvalue weighted by molar-refractivity contribution is 7.89. The number of benzene rings is 2. The molecule has 0 aliphatic carbocycles. The molecule has 2 aromatic carbocycles. The van der Waals surface area contributed by atoms with Crippen LogP contribution in [0.15, 0.2) is 53.4 Å². The Labute approximate surface area is 166 Å². The fraction of sp³-hybridized carbons (Fsp3) is 0.150. The highest BCUT2D eigenvalue weighted by atomic mass is 32.2. The number of sulfonamides is 1. The van der Waals surface area contributed by atoms with Crippen molar-refractivity contribution in [1.82, 2.24) is 4.57 Å². The van der Waals surface area contributed by atoms with Crippen molar-refractivity contribution in [3.63, 3.8) is 0 Å². The maximum atomic E-state index is 14.3. The van der Waals surface area contributed by atoms with Crippen molar-refractivity contribution < 1.29 is 26.7 Å². The maximum Gasteiger partial charge on any atom is 0.238 e. The van der Waals surface area contributed by atoms with Gasteiger partial charge in [-0.3, -0.25) is 4.79 Å². The molecular formula is C20H18F2N2O4S. The second kappa shape index (κ2) is 7.76. The average molecular weight is 420 g/mol. The molecule has 1 heterocycles. The molecule has 0 spiro atoms.